The molecule has 0 atom stereocenters. The van der Waals surface area contributed by atoms with Crippen LogP contribution in [0, 0.1) is 0 Å². The average Bonchev–Trinajstić information content (AvgIpc) is 1.76. The monoisotopic (exact) mass is 167 g/mol. The summed E-state index contributed by atoms with van der Waals surface area (Å²) in [5.74, 6) is 0. The fourth-order valence-corrected chi connectivity index (χ4v) is 0.321. The van der Waals surface area contributed by atoms with Gasteiger partial charge in [0.1, 0.15) is 0 Å². The first kappa shape index (κ1) is 5.97. The van der Waals surface area contributed by atoms with E-state index in [4.69, 9.17) is 0 Å². The molecule has 1 aromatic rings. The third kappa shape index (κ3) is 1.42. The van der Waals surface area contributed by atoms with Gasteiger partial charge in [0, 0.05) is 0 Å². The van der Waals surface area contributed by atoms with E-state index in [1.54, 1.807) is 0 Å². The van der Waals surface area contributed by atoms with Gasteiger partial charge in [0.05, 0.1) is 0 Å². The minimum Gasteiger partial charge on any atom is -0.214 e. The Morgan fingerprint density at radius 2 is 1.50 bits per heavy atom. The van der Waals surface area contributed by atoms with Crippen molar-refractivity contribution in [2.24, 2.45) is 0 Å². The van der Waals surface area contributed by atoms with Gasteiger partial charge in [0.15, 0.2) is 0 Å². The molecule has 0 aromatic heterocycles. The van der Waals surface area contributed by atoms with Crippen LogP contribution in [-0.2, 0) is 19.5 Å². The van der Waals surface area contributed by atoms with Crippen LogP contribution >= 0.6 is 0 Å². The zero-order valence-electron chi connectivity index (χ0n) is 3.24. The zero-order valence-corrected chi connectivity index (χ0v) is 4.98. The van der Waals surface area contributed by atoms with E-state index in [1.165, 1.54) is 0 Å². The van der Waals surface area contributed by atoms with Crippen LogP contribution < -0.4 is 0 Å². The van der Waals surface area contributed by atoms with Gasteiger partial charge in [-0.2, -0.15) is 18.2 Å². The maximum Gasteiger partial charge on any atom is 5.00 e. The van der Waals surface area contributed by atoms with E-state index in [0.29, 0.717) is 0 Å². The van der Waals surface area contributed by atoms with Gasteiger partial charge >= 0.3 is 19.5 Å². The van der Waals surface area contributed by atoms with Crippen molar-refractivity contribution in [2.75, 3.05) is 0 Å². The van der Waals surface area contributed by atoms with E-state index in [0.717, 1.165) is 0 Å². The molecule has 0 amide bonds. The van der Waals surface area contributed by atoms with Crippen molar-refractivity contribution in [3.8, 4) is 0 Å². The van der Waals surface area contributed by atoms with Gasteiger partial charge in [-0.1, -0.05) is 0 Å². The van der Waals surface area contributed by atoms with E-state index in [9.17, 15) is 0 Å². The summed E-state index contributed by atoms with van der Waals surface area (Å²) in [4.78, 5) is 0. The molecule has 1 radical (unpaired) electrons. The summed E-state index contributed by atoms with van der Waals surface area (Å²) >= 11 is 0. The molecule has 0 saturated carbocycles. The standard InChI is InChI=1S/C5H5.Ru/c1-2-4-5-3-1;/h1-5H;/q-1;+5. The van der Waals surface area contributed by atoms with Crippen molar-refractivity contribution in [3.63, 3.8) is 0 Å². The molecule has 0 saturated heterocycles. The van der Waals surface area contributed by atoms with E-state index in [1.807, 2.05) is 30.3 Å². The minimum atomic E-state index is 0. The maximum absolute atomic E-state index is 2.00. The Morgan fingerprint density at radius 3 is 1.67 bits per heavy atom. The van der Waals surface area contributed by atoms with E-state index >= 15 is 0 Å². The van der Waals surface area contributed by atoms with Crippen molar-refractivity contribution in [1.29, 1.82) is 0 Å². The quantitative estimate of drug-likeness (QED) is 0.403. The van der Waals surface area contributed by atoms with Gasteiger partial charge in [-0.3, -0.25) is 0 Å². The Bertz CT molecular complexity index is 60.4. The minimum absolute atomic E-state index is 0. The Kier molecular flexibility index (Phi) is 3.16. The molecule has 0 N–H and O–H groups in total. The molecule has 0 heterocycles. The Labute approximate surface area is 50.3 Å². The summed E-state index contributed by atoms with van der Waals surface area (Å²) in [5.41, 5.74) is 0. The predicted octanol–water partition coefficient (Wildman–Crippen LogP) is 1.40. The first-order valence-corrected chi connectivity index (χ1v) is 1.67. The topological polar surface area (TPSA) is 0 Å². The van der Waals surface area contributed by atoms with Crippen molar-refractivity contribution >= 4 is 0 Å². The van der Waals surface area contributed by atoms with E-state index in [-0.39, 0.29) is 19.5 Å². The van der Waals surface area contributed by atoms with E-state index < -0.39 is 0 Å². The van der Waals surface area contributed by atoms with Crippen LogP contribution in [0.15, 0.2) is 30.3 Å². The second-order valence-electron chi connectivity index (χ2n) is 0.962. The van der Waals surface area contributed by atoms with Crippen molar-refractivity contribution in [2.45, 2.75) is 0 Å². The van der Waals surface area contributed by atoms with Crippen LogP contribution in [-0.4, -0.2) is 0 Å². The molecular formula is C5H5Ru+4. The van der Waals surface area contributed by atoms with Crippen LogP contribution in [0.25, 0.3) is 0 Å². The van der Waals surface area contributed by atoms with Crippen LogP contribution in [0.1, 0.15) is 0 Å². The molecule has 0 bridgehead atoms. The molecule has 0 spiro atoms. The molecule has 0 aliphatic rings. The molecule has 0 unspecified atom stereocenters. The van der Waals surface area contributed by atoms with E-state index in [2.05, 4.69) is 0 Å². The van der Waals surface area contributed by atoms with Crippen LogP contribution in [0.3, 0.4) is 0 Å². The summed E-state index contributed by atoms with van der Waals surface area (Å²) < 4.78 is 0. The fraction of sp³-hybridized carbons (Fsp3) is 0. The zero-order chi connectivity index (χ0) is 3.54. The fourth-order valence-electron chi connectivity index (χ4n) is 0.321. The molecule has 1 heteroatoms. The summed E-state index contributed by atoms with van der Waals surface area (Å²) in [6, 6.07) is 10.0. The normalized spacial score (nSPS) is 6.67. The first-order valence-electron chi connectivity index (χ1n) is 1.67. The van der Waals surface area contributed by atoms with Crippen LogP contribution in [0.5, 0.6) is 0 Å². The summed E-state index contributed by atoms with van der Waals surface area (Å²) in [7, 11) is 0. The third-order valence-corrected chi connectivity index (χ3v) is 0.556. The van der Waals surface area contributed by atoms with Gasteiger partial charge in [-0.15, -0.1) is 0 Å². The molecule has 0 fully saturated rings. The number of rotatable bonds is 0. The summed E-state index contributed by atoms with van der Waals surface area (Å²) in [6.45, 7) is 0. The van der Waals surface area contributed by atoms with Crippen molar-refractivity contribution < 1.29 is 19.5 Å². The Morgan fingerprint density at radius 1 is 1.00 bits per heavy atom. The summed E-state index contributed by atoms with van der Waals surface area (Å²) in [5, 5.41) is 0. The molecule has 1 rings (SSSR count). The number of hydrogen-bond acceptors (Lipinski definition) is 0. The van der Waals surface area contributed by atoms with Gasteiger partial charge in [0.25, 0.3) is 0 Å². The van der Waals surface area contributed by atoms with Crippen molar-refractivity contribution in [3.05, 3.63) is 30.3 Å². The van der Waals surface area contributed by atoms with Crippen molar-refractivity contribution in [1.82, 2.24) is 0 Å². The molecule has 29 valence electrons. The molecule has 0 aliphatic heterocycles. The predicted molar refractivity (Wildman–Crippen MR) is 22.0 cm³/mol. The van der Waals surface area contributed by atoms with Gasteiger partial charge < -0.3 is 0 Å². The molecule has 0 nitrogen and oxygen atoms in total. The summed E-state index contributed by atoms with van der Waals surface area (Å²) in [6.07, 6.45) is 0. The Balaban J connectivity index is 0.000000250. The average molecular weight is 166 g/mol. The smallest absolute Gasteiger partial charge is 0.214 e. The second-order valence-corrected chi connectivity index (χ2v) is 0.962. The van der Waals surface area contributed by atoms with Crippen LogP contribution in [0.4, 0.5) is 0 Å². The molecule has 0 aliphatic carbocycles. The number of hydrogen-bond donors (Lipinski definition) is 0. The van der Waals surface area contributed by atoms with Gasteiger partial charge in [-0.05, 0) is 0 Å². The van der Waals surface area contributed by atoms with Gasteiger partial charge in [-0.25, -0.2) is 12.1 Å². The second kappa shape index (κ2) is 3.17. The largest absolute Gasteiger partial charge is 5.00 e. The molecule has 6 heavy (non-hydrogen) atoms. The third-order valence-electron chi connectivity index (χ3n) is 0.556. The first-order chi connectivity index (χ1) is 2.50. The Hall–Kier alpha value is -0.0266. The molecular weight excluding hydrogens is 161 g/mol. The molecule has 1 aromatic carbocycles. The van der Waals surface area contributed by atoms with Gasteiger partial charge in [0.2, 0.25) is 0 Å². The van der Waals surface area contributed by atoms with Crippen LogP contribution in [0.2, 0.25) is 0 Å². The maximum atomic E-state index is 2.00. The SMILES string of the molecule is [Ru+5].c1cc[cH-]c1.